The predicted octanol–water partition coefficient (Wildman–Crippen LogP) is -0.270. The van der Waals surface area contributed by atoms with Crippen LogP contribution in [0.15, 0.2) is 29.6 Å². The Morgan fingerprint density at radius 1 is 1.32 bits per heavy atom. The summed E-state index contributed by atoms with van der Waals surface area (Å²) in [5, 5.41) is 6.68. The molecule has 0 aliphatic heterocycles. The van der Waals surface area contributed by atoms with Gasteiger partial charge in [0, 0.05) is 20.3 Å². The molecule has 0 aromatic carbocycles. The van der Waals surface area contributed by atoms with Gasteiger partial charge in [-0.15, -0.1) is 0 Å². The van der Waals surface area contributed by atoms with Crippen molar-refractivity contribution in [1.82, 2.24) is 24.5 Å². The molecule has 0 saturated heterocycles. The van der Waals surface area contributed by atoms with Gasteiger partial charge in [0.1, 0.15) is 4.90 Å². The molecule has 0 aliphatic rings. The third kappa shape index (κ3) is 3.06. The maximum Gasteiger partial charge on any atom is 0.243 e. The van der Waals surface area contributed by atoms with Gasteiger partial charge in [0.15, 0.2) is 0 Å². The molecule has 0 unspecified atom stereocenters. The summed E-state index contributed by atoms with van der Waals surface area (Å²) in [5.41, 5.74) is 0.760. The first-order valence-corrected chi connectivity index (χ1v) is 6.97. The summed E-state index contributed by atoms with van der Waals surface area (Å²) in [6.45, 7) is 0.159. The zero-order chi connectivity index (χ0) is 13.9. The molecule has 2 heterocycles. The van der Waals surface area contributed by atoms with E-state index in [0.29, 0.717) is 5.95 Å². The largest absolute Gasteiger partial charge is 0.357 e. The summed E-state index contributed by atoms with van der Waals surface area (Å²) >= 11 is 0. The first-order valence-electron chi connectivity index (χ1n) is 5.49. The van der Waals surface area contributed by atoms with Gasteiger partial charge in [0.05, 0.1) is 24.6 Å². The second kappa shape index (κ2) is 5.33. The SMILES string of the molecule is CNc1ncc(S(=O)(=O)NCc2ccnn2C)cn1. The molecule has 0 aliphatic carbocycles. The lowest BCUT2D eigenvalue weighted by Crippen LogP contribution is -2.24. The van der Waals surface area contributed by atoms with Gasteiger partial charge >= 0.3 is 0 Å². The van der Waals surface area contributed by atoms with Crippen molar-refractivity contribution in [2.75, 3.05) is 12.4 Å². The molecule has 9 heteroatoms. The maximum absolute atomic E-state index is 12.0. The van der Waals surface area contributed by atoms with Gasteiger partial charge < -0.3 is 5.32 Å². The summed E-state index contributed by atoms with van der Waals surface area (Å²) < 4.78 is 28.1. The molecule has 8 nitrogen and oxygen atoms in total. The Morgan fingerprint density at radius 3 is 2.53 bits per heavy atom. The van der Waals surface area contributed by atoms with Gasteiger partial charge in [-0.05, 0) is 6.07 Å². The quantitative estimate of drug-likeness (QED) is 0.782. The molecule has 2 N–H and O–H groups in total. The first kappa shape index (κ1) is 13.4. The highest BCUT2D eigenvalue weighted by Crippen LogP contribution is 2.08. The fraction of sp³-hybridized carbons (Fsp3) is 0.300. The Morgan fingerprint density at radius 2 is 2.00 bits per heavy atom. The van der Waals surface area contributed by atoms with Crippen molar-refractivity contribution in [3.8, 4) is 0 Å². The molecule has 19 heavy (non-hydrogen) atoms. The van der Waals surface area contributed by atoms with E-state index in [9.17, 15) is 8.42 Å². The van der Waals surface area contributed by atoms with Gasteiger partial charge in [-0.1, -0.05) is 0 Å². The van der Waals surface area contributed by atoms with Crippen molar-refractivity contribution < 1.29 is 8.42 Å². The minimum Gasteiger partial charge on any atom is -0.357 e. The average Bonchev–Trinajstić information content (AvgIpc) is 2.82. The third-order valence-electron chi connectivity index (χ3n) is 2.53. The minimum atomic E-state index is -3.62. The van der Waals surface area contributed by atoms with Crippen molar-refractivity contribution in [3.63, 3.8) is 0 Å². The summed E-state index contributed by atoms with van der Waals surface area (Å²) in [7, 11) is -0.221. The van der Waals surface area contributed by atoms with E-state index in [-0.39, 0.29) is 11.4 Å². The van der Waals surface area contributed by atoms with E-state index >= 15 is 0 Å². The Labute approximate surface area is 110 Å². The number of nitrogens with zero attached hydrogens (tertiary/aromatic N) is 4. The summed E-state index contributed by atoms with van der Waals surface area (Å²) in [5.74, 6) is 0.366. The number of hydrogen-bond donors (Lipinski definition) is 2. The third-order valence-corrected chi connectivity index (χ3v) is 3.88. The lowest BCUT2D eigenvalue weighted by Gasteiger charge is -2.06. The smallest absolute Gasteiger partial charge is 0.243 e. The molecule has 0 spiro atoms. The Bertz CT molecular complexity index is 649. The van der Waals surface area contributed by atoms with Gasteiger partial charge in [-0.25, -0.2) is 23.1 Å². The molecule has 2 rings (SSSR count). The van der Waals surface area contributed by atoms with Crippen LogP contribution in [0.2, 0.25) is 0 Å². The number of nitrogens with one attached hydrogen (secondary N) is 2. The Kier molecular flexibility index (Phi) is 3.76. The fourth-order valence-corrected chi connectivity index (χ4v) is 2.30. The minimum absolute atomic E-state index is 0.0219. The molecule has 0 saturated carbocycles. The van der Waals surface area contributed by atoms with Crippen molar-refractivity contribution >= 4 is 16.0 Å². The molecular formula is C10H14N6O2S. The van der Waals surface area contributed by atoms with Crippen LogP contribution >= 0.6 is 0 Å². The van der Waals surface area contributed by atoms with E-state index in [1.54, 1.807) is 31.0 Å². The van der Waals surface area contributed by atoms with Crippen LogP contribution in [-0.2, 0) is 23.6 Å². The normalized spacial score (nSPS) is 11.5. The van der Waals surface area contributed by atoms with Crippen LogP contribution in [0.1, 0.15) is 5.69 Å². The number of aryl methyl sites for hydroxylation is 1. The number of hydrogen-bond acceptors (Lipinski definition) is 6. The summed E-state index contributed by atoms with van der Waals surface area (Å²) in [4.78, 5) is 7.76. The fourth-order valence-electron chi connectivity index (χ4n) is 1.41. The van der Waals surface area contributed by atoms with Crippen LogP contribution < -0.4 is 10.0 Å². The molecule has 0 radical (unpaired) electrons. The van der Waals surface area contributed by atoms with Crippen LogP contribution in [0, 0.1) is 0 Å². The van der Waals surface area contributed by atoms with Crippen LogP contribution in [0.5, 0.6) is 0 Å². The highest BCUT2D eigenvalue weighted by Gasteiger charge is 2.15. The molecule has 0 atom stereocenters. The molecule has 2 aromatic rings. The van der Waals surface area contributed by atoms with Crippen LogP contribution in [0.3, 0.4) is 0 Å². The molecule has 0 amide bonds. The monoisotopic (exact) mass is 282 g/mol. The highest BCUT2D eigenvalue weighted by atomic mass is 32.2. The molecule has 2 aromatic heterocycles. The van der Waals surface area contributed by atoms with Crippen molar-refractivity contribution in [3.05, 3.63) is 30.4 Å². The standard InChI is InChI=1S/C10H14N6O2S/c1-11-10-12-6-9(7-13-10)19(17,18)15-5-8-3-4-14-16(8)2/h3-4,6-7,15H,5H2,1-2H3,(H,11,12,13). The van der Waals surface area contributed by atoms with E-state index in [1.165, 1.54) is 12.4 Å². The number of rotatable bonds is 5. The topological polar surface area (TPSA) is 102 Å². The van der Waals surface area contributed by atoms with E-state index < -0.39 is 10.0 Å². The van der Waals surface area contributed by atoms with Crippen molar-refractivity contribution in [2.45, 2.75) is 11.4 Å². The Balaban J connectivity index is 2.11. The van der Waals surface area contributed by atoms with Gasteiger partial charge in [0.2, 0.25) is 16.0 Å². The maximum atomic E-state index is 12.0. The highest BCUT2D eigenvalue weighted by molar-refractivity contribution is 7.89. The molecule has 0 fully saturated rings. The van der Waals surface area contributed by atoms with Crippen LogP contribution in [0.4, 0.5) is 5.95 Å². The first-order chi connectivity index (χ1) is 9.03. The molecular weight excluding hydrogens is 268 g/mol. The number of anilines is 1. The lowest BCUT2D eigenvalue weighted by atomic mass is 10.4. The Hall–Kier alpha value is -2.00. The lowest BCUT2D eigenvalue weighted by molar-refractivity contribution is 0.576. The summed E-state index contributed by atoms with van der Waals surface area (Å²) in [6, 6.07) is 1.74. The van der Waals surface area contributed by atoms with E-state index in [1.807, 2.05) is 0 Å². The van der Waals surface area contributed by atoms with E-state index in [0.717, 1.165) is 5.69 Å². The average molecular weight is 282 g/mol. The van der Waals surface area contributed by atoms with E-state index in [2.05, 4.69) is 25.1 Å². The van der Waals surface area contributed by atoms with E-state index in [4.69, 9.17) is 0 Å². The van der Waals surface area contributed by atoms with Gasteiger partial charge in [0.25, 0.3) is 0 Å². The number of sulfonamides is 1. The van der Waals surface area contributed by atoms with Crippen molar-refractivity contribution in [2.24, 2.45) is 7.05 Å². The predicted molar refractivity (Wildman–Crippen MR) is 68.8 cm³/mol. The molecule has 102 valence electrons. The van der Waals surface area contributed by atoms with Crippen LogP contribution in [0.25, 0.3) is 0 Å². The summed E-state index contributed by atoms with van der Waals surface area (Å²) in [6.07, 6.45) is 4.11. The zero-order valence-electron chi connectivity index (χ0n) is 10.5. The van der Waals surface area contributed by atoms with Crippen LogP contribution in [-0.4, -0.2) is 35.2 Å². The molecule has 0 bridgehead atoms. The number of aromatic nitrogens is 4. The second-order valence-electron chi connectivity index (χ2n) is 3.76. The van der Waals surface area contributed by atoms with Gasteiger partial charge in [-0.3, -0.25) is 4.68 Å². The van der Waals surface area contributed by atoms with Gasteiger partial charge in [-0.2, -0.15) is 5.10 Å². The van der Waals surface area contributed by atoms with Crippen molar-refractivity contribution in [1.29, 1.82) is 0 Å². The second-order valence-corrected chi connectivity index (χ2v) is 5.53. The zero-order valence-corrected chi connectivity index (χ0v) is 11.3.